The summed E-state index contributed by atoms with van der Waals surface area (Å²) in [5.74, 6) is -0.441. The van der Waals surface area contributed by atoms with Crippen LogP contribution in [0, 0.1) is 11.3 Å². The van der Waals surface area contributed by atoms with Gasteiger partial charge < -0.3 is 9.52 Å². The lowest BCUT2D eigenvalue weighted by Crippen LogP contribution is -2.32. The molecular formula is C20H26O4. The highest BCUT2D eigenvalue weighted by Crippen LogP contribution is 2.42. The number of aliphatic carboxylic acids is 1. The second-order valence-electron chi connectivity index (χ2n) is 7.32. The predicted molar refractivity (Wildman–Crippen MR) is 92.6 cm³/mol. The third-order valence-electron chi connectivity index (χ3n) is 4.89. The van der Waals surface area contributed by atoms with Crippen molar-refractivity contribution in [1.82, 2.24) is 0 Å². The zero-order valence-electron chi connectivity index (χ0n) is 14.7. The third kappa shape index (κ3) is 4.70. The number of hydrogen-bond acceptors (Lipinski definition) is 3. The summed E-state index contributed by atoms with van der Waals surface area (Å²) < 4.78 is 5.02. The largest absolute Gasteiger partial charge is 0.478 e. The number of aryl methyl sites for hydroxylation is 1. The molecule has 1 aliphatic carbocycles. The van der Waals surface area contributed by atoms with Gasteiger partial charge in [0.05, 0.1) is 12.5 Å². The van der Waals surface area contributed by atoms with Crippen LogP contribution in [-0.4, -0.2) is 16.9 Å². The van der Waals surface area contributed by atoms with Crippen molar-refractivity contribution in [2.45, 2.75) is 52.9 Å². The van der Waals surface area contributed by atoms with Crippen LogP contribution < -0.4 is 0 Å². The molecule has 0 amide bonds. The van der Waals surface area contributed by atoms with Crippen molar-refractivity contribution in [1.29, 1.82) is 0 Å². The predicted octanol–water partition coefficient (Wildman–Crippen LogP) is 4.56. The standard InChI is InChI=1S/C20H26O4/c1-14-11-17(21)12-20(2,3)18(14)8-7-16(19(22)23)6-4-5-15-9-10-24-13-15/h6,9-11,13,18H,4-5,7-8,12H2,1-3H3,(H,22,23)/b16-6-/t18-/m1/s1. The topological polar surface area (TPSA) is 67.5 Å². The summed E-state index contributed by atoms with van der Waals surface area (Å²) in [5, 5.41) is 9.44. The van der Waals surface area contributed by atoms with Crippen LogP contribution in [0.2, 0.25) is 0 Å². The minimum Gasteiger partial charge on any atom is -0.478 e. The molecule has 2 rings (SSSR count). The zero-order valence-corrected chi connectivity index (χ0v) is 14.7. The van der Waals surface area contributed by atoms with Crippen molar-refractivity contribution >= 4 is 11.8 Å². The Kier molecular flexibility index (Phi) is 5.81. The number of carbonyl (C=O) groups excluding carboxylic acids is 1. The lowest BCUT2D eigenvalue weighted by atomic mass is 9.66. The average Bonchev–Trinajstić information content (AvgIpc) is 2.96. The highest BCUT2D eigenvalue weighted by molar-refractivity contribution is 5.92. The molecule has 1 atom stereocenters. The molecule has 0 fully saturated rings. The normalized spacial score (nSPS) is 20.8. The van der Waals surface area contributed by atoms with Gasteiger partial charge in [0.25, 0.3) is 0 Å². The molecule has 0 radical (unpaired) electrons. The molecule has 1 aromatic rings. The minimum absolute atomic E-state index is 0.115. The van der Waals surface area contributed by atoms with Crippen LogP contribution in [0.4, 0.5) is 0 Å². The molecule has 1 heterocycles. The molecule has 130 valence electrons. The summed E-state index contributed by atoms with van der Waals surface area (Å²) in [6.07, 6.45) is 10.1. The maximum absolute atomic E-state index is 11.7. The average molecular weight is 330 g/mol. The van der Waals surface area contributed by atoms with Gasteiger partial charge in [-0.1, -0.05) is 25.5 Å². The van der Waals surface area contributed by atoms with E-state index in [2.05, 4.69) is 13.8 Å². The number of carbonyl (C=O) groups is 2. The van der Waals surface area contributed by atoms with Crippen LogP contribution in [0.25, 0.3) is 0 Å². The summed E-state index contributed by atoms with van der Waals surface area (Å²) in [7, 11) is 0. The summed E-state index contributed by atoms with van der Waals surface area (Å²) >= 11 is 0. The lowest BCUT2D eigenvalue weighted by Gasteiger charge is -2.37. The first kappa shape index (κ1) is 18.2. The Bertz CT molecular complexity index is 647. The van der Waals surface area contributed by atoms with Gasteiger partial charge in [0.1, 0.15) is 0 Å². The van der Waals surface area contributed by atoms with Crippen LogP contribution in [0.1, 0.15) is 52.0 Å². The van der Waals surface area contributed by atoms with E-state index in [0.29, 0.717) is 24.8 Å². The van der Waals surface area contributed by atoms with E-state index >= 15 is 0 Å². The second-order valence-corrected chi connectivity index (χ2v) is 7.32. The lowest BCUT2D eigenvalue weighted by molar-refractivity contribution is -0.133. The van der Waals surface area contributed by atoms with Crippen LogP contribution in [0.3, 0.4) is 0 Å². The Hall–Kier alpha value is -2.10. The van der Waals surface area contributed by atoms with Gasteiger partial charge in [-0.15, -0.1) is 0 Å². The highest BCUT2D eigenvalue weighted by atomic mass is 16.4. The van der Waals surface area contributed by atoms with E-state index in [-0.39, 0.29) is 17.1 Å². The van der Waals surface area contributed by atoms with E-state index in [9.17, 15) is 14.7 Å². The molecule has 0 bridgehead atoms. The zero-order chi connectivity index (χ0) is 17.7. The molecule has 4 heteroatoms. The molecule has 1 N–H and O–H groups in total. The summed E-state index contributed by atoms with van der Waals surface area (Å²) in [5.41, 5.74) is 2.48. The first-order valence-corrected chi connectivity index (χ1v) is 8.44. The molecule has 1 aliphatic rings. The number of carboxylic acids is 1. The molecule has 24 heavy (non-hydrogen) atoms. The van der Waals surface area contributed by atoms with Gasteiger partial charge in [-0.2, -0.15) is 0 Å². The smallest absolute Gasteiger partial charge is 0.331 e. The van der Waals surface area contributed by atoms with Gasteiger partial charge in [-0.05, 0) is 61.6 Å². The maximum Gasteiger partial charge on any atom is 0.331 e. The summed E-state index contributed by atoms with van der Waals surface area (Å²) in [6, 6.07) is 1.89. The highest BCUT2D eigenvalue weighted by Gasteiger charge is 2.35. The summed E-state index contributed by atoms with van der Waals surface area (Å²) in [6.45, 7) is 6.16. The Morgan fingerprint density at radius 2 is 2.21 bits per heavy atom. The van der Waals surface area contributed by atoms with Crippen molar-refractivity contribution in [3.63, 3.8) is 0 Å². The van der Waals surface area contributed by atoms with Gasteiger partial charge in [-0.3, -0.25) is 4.79 Å². The third-order valence-corrected chi connectivity index (χ3v) is 4.89. The molecule has 0 spiro atoms. The van der Waals surface area contributed by atoms with E-state index in [1.54, 1.807) is 18.6 Å². The first-order chi connectivity index (χ1) is 11.3. The van der Waals surface area contributed by atoms with E-state index in [0.717, 1.165) is 24.0 Å². The molecule has 0 saturated carbocycles. The first-order valence-electron chi connectivity index (χ1n) is 8.44. The number of carboxylic acid groups (broad SMARTS) is 1. The van der Waals surface area contributed by atoms with Crippen molar-refractivity contribution in [3.05, 3.63) is 47.5 Å². The van der Waals surface area contributed by atoms with E-state index in [1.807, 2.05) is 19.1 Å². The number of hydrogen-bond donors (Lipinski definition) is 1. The van der Waals surface area contributed by atoms with Gasteiger partial charge in [0.2, 0.25) is 0 Å². The van der Waals surface area contributed by atoms with Gasteiger partial charge in [0.15, 0.2) is 5.78 Å². The Labute approximate surface area is 143 Å². The SMILES string of the molecule is CC1=CC(=O)CC(C)(C)[C@@H]1CC/C(=C/CCc1ccoc1)C(=O)O. The molecular weight excluding hydrogens is 304 g/mol. The van der Waals surface area contributed by atoms with Gasteiger partial charge in [0, 0.05) is 12.0 Å². The number of rotatable bonds is 7. The van der Waals surface area contributed by atoms with E-state index < -0.39 is 5.97 Å². The molecule has 4 nitrogen and oxygen atoms in total. The van der Waals surface area contributed by atoms with Gasteiger partial charge in [-0.25, -0.2) is 4.79 Å². The monoisotopic (exact) mass is 330 g/mol. The fraction of sp³-hybridized carbons (Fsp3) is 0.500. The van der Waals surface area contributed by atoms with Crippen molar-refractivity contribution in [3.8, 4) is 0 Å². The van der Waals surface area contributed by atoms with E-state index in [4.69, 9.17) is 4.42 Å². The molecule has 0 aromatic carbocycles. The van der Waals surface area contributed by atoms with Crippen molar-refractivity contribution < 1.29 is 19.1 Å². The molecule has 0 unspecified atom stereocenters. The van der Waals surface area contributed by atoms with Crippen molar-refractivity contribution in [2.75, 3.05) is 0 Å². The minimum atomic E-state index is -0.853. The molecule has 0 saturated heterocycles. The van der Waals surface area contributed by atoms with Crippen molar-refractivity contribution in [2.24, 2.45) is 11.3 Å². The maximum atomic E-state index is 11.7. The fourth-order valence-electron chi connectivity index (χ4n) is 3.66. The molecule has 0 aliphatic heterocycles. The quantitative estimate of drug-likeness (QED) is 0.744. The Morgan fingerprint density at radius 3 is 2.79 bits per heavy atom. The van der Waals surface area contributed by atoms with Crippen LogP contribution in [0.5, 0.6) is 0 Å². The van der Waals surface area contributed by atoms with E-state index in [1.165, 1.54) is 0 Å². The number of allylic oxidation sites excluding steroid dienone is 3. The summed E-state index contributed by atoms with van der Waals surface area (Å²) in [4.78, 5) is 23.2. The Balaban J connectivity index is 1.99. The van der Waals surface area contributed by atoms with Crippen LogP contribution in [-0.2, 0) is 16.0 Å². The second kappa shape index (κ2) is 7.65. The number of ketones is 1. The van der Waals surface area contributed by atoms with Crippen LogP contribution in [0.15, 0.2) is 46.3 Å². The van der Waals surface area contributed by atoms with Crippen LogP contribution >= 0.6 is 0 Å². The number of furan rings is 1. The fourth-order valence-corrected chi connectivity index (χ4v) is 3.66. The molecule has 1 aromatic heterocycles. The Morgan fingerprint density at radius 1 is 1.46 bits per heavy atom. The van der Waals surface area contributed by atoms with Gasteiger partial charge >= 0.3 is 5.97 Å².